The van der Waals surface area contributed by atoms with E-state index in [9.17, 15) is 9.59 Å². The third kappa shape index (κ3) is 4.86. The highest BCUT2D eigenvalue weighted by molar-refractivity contribution is 9.10. The lowest BCUT2D eigenvalue weighted by Gasteiger charge is -2.20. The molecule has 1 atom stereocenters. The van der Waals surface area contributed by atoms with E-state index in [1.807, 2.05) is 6.92 Å². The van der Waals surface area contributed by atoms with Crippen LogP contribution in [0.25, 0.3) is 0 Å². The van der Waals surface area contributed by atoms with E-state index in [1.54, 1.807) is 12.1 Å². The van der Waals surface area contributed by atoms with Crippen LogP contribution < -0.4 is 14.8 Å². The highest BCUT2D eigenvalue weighted by atomic mass is 79.9. The molecule has 0 aromatic heterocycles. The van der Waals surface area contributed by atoms with Gasteiger partial charge in [-0.2, -0.15) is 0 Å². The predicted octanol–water partition coefficient (Wildman–Crippen LogP) is 2.52. The van der Waals surface area contributed by atoms with Crippen LogP contribution in [0.5, 0.6) is 11.5 Å². The zero-order valence-electron chi connectivity index (χ0n) is 12.9. The van der Waals surface area contributed by atoms with Gasteiger partial charge in [-0.15, -0.1) is 0 Å². The first-order valence-corrected chi connectivity index (χ1v) is 8.40. The van der Waals surface area contributed by atoms with E-state index in [0.29, 0.717) is 31.1 Å². The maximum atomic E-state index is 12.1. The van der Waals surface area contributed by atoms with Crippen molar-refractivity contribution in [1.29, 1.82) is 0 Å². The summed E-state index contributed by atoms with van der Waals surface area (Å²) < 4.78 is 11.7. The normalized spacial score (nSPS) is 14.2. The molecule has 7 heteroatoms. The number of halogens is 1. The summed E-state index contributed by atoms with van der Waals surface area (Å²) in [5.41, 5.74) is 0.728. The van der Waals surface area contributed by atoms with Gasteiger partial charge in [-0.05, 0) is 24.1 Å². The lowest BCUT2D eigenvalue weighted by atomic mass is 10.1. The number of carboxylic acid groups (broad SMARTS) is 1. The second-order valence-electron chi connectivity index (χ2n) is 5.36. The summed E-state index contributed by atoms with van der Waals surface area (Å²) in [6.07, 6.45) is 2.14. The van der Waals surface area contributed by atoms with E-state index in [0.717, 1.165) is 22.9 Å². The van der Waals surface area contributed by atoms with E-state index < -0.39 is 12.0 Å². The number of rotatable bonds is 7. The molecule has 6 nitrogen and oxygen atoms in total. The Hall–Kier alpha value is -1.76. The monoisotopic (exact) mass is 385 g/mol. The molecule has 2 rings (SSSR count). The summed E-state index contributed by atoms with van der Waals surface area (Å²) in [5, 5.41) is 11.7. The van der Waals surface area contributed by atoms with Gasteiger partial charge in [-0.1, -0.05) is 35.7 Å². The molecule has 0 spiro atoms. The molecule has 1 heterocycles. The molecular weight excluding hydrogens is 366 g/mol. The number of aliphatic carboxylic acids is 1. The first-order valence-electron chi connectivity index (χ1n) is 7.61. The minimum absolute atomic E-state index is 0.0765. The van der Waals surface area contributed by atoms with Crippen molar-refractivity contribution >= 4 is 27.8 Å². The fraction of sp³-hybridized carbons (Fsp3) is 0.500. The molecule has 2 N–H and O–H groups in total. The van der Waals surface area contributed by atoms with E-state index in [2.05, 4.69) is 21.2 Å². The van der Waals surface area contributed by atoms with Crippen molar-refractivity contribution in [3.8, 4) is 11.5 Å². The van der Waals surface area contributed by atoms with Crippen LogP contribution in [-0.2, 0) is 16.0 Å². The Labute approximate surface area is 143 Å². The van der Waals surface area contributed by atoms with E-state index in [1.165, 1.54) is 0 Å². The lowest BCUT2D eigenvalue weighted by molar-refractivity contribution is -0.142. The maximum Gasteiger partial charge on any atom is 0.326 e. The molecule has 0 unspecified atom stereocenters. The van der Waals surface area contributed by atoms with Crippen LogP contribution in [0.1, 0.15) is 31.7 Å². The van der Waals surface area contributed by atoms with Crippen molar-refractivity contribution in [3.05, 3.63) is 22.2 Å². The second-order valence-corrected chi connectivity index (χ2v) is 6.22. The van der Waals surface area contributed by atoms with Gasteiger partial charge in [0.05, 0.1) is 6.42 Å². The number of ether oxygens (including phenoxy) is 2. The molecule has 1 amide bonds. The van der Waals surface area contributed by atoms with Gasteiger partial charge >= 0.3 is 5.97 Å². The van der Waals surface area contributed by atoms with Gasteiger partial charge in [0, 0.05) is 4.47 Å². The van der Waals surface area contributed by atoms with Crippen LogP contribution >= 0.6 is 15.9 Å². The fourth-order valence-corrected chi connectivity index (χ4v) is 2.79. The van der Waals surface area contributed by atoms with Crippen LogP contribution in [0.15, 0.2) is 16.6 Å². The Morgan fingerprint density at radius 2 is 1.96 bits per heavy atom. The maximum absolute atomic E-state index is 12.1. The zero-order valence-corrected chi connectivity index (χ0v) is 14.5. The van der Waals surface area contributed by atoms with E-state index >= 15 is 0 Å². The van der Waals surface area contributed by atoms with Crippen LogP contribution in [0.2, 0.25) is 0 Å². The minimum Gasteiger partial charge on any atom is -0.486 e. The standard InChI is InChI=1S/C16H20BrNO5/c1-2-3-4-12(16(20)21)18-15(19)8-10-7-13-14(9-11(10)17)23-6-5-22-13/h7,9,12H,2-6,8H2,1H3,(H,18,19)(H,20,21)/t12-/m0/s1. The smallest absolute Gasteiger partial charge is 0.326 e. The molecule has 126 valence electrons. The Morgan fingerprint density at radius 3 is 2.57 bits per heavy atom. The largest absolute Gasteiger partial charge is 0.486 e. The van der Waals surface area contributed by atoms with Crippen LogP contribution in [0, 0.1) is 0 Å². The van der Waals surface area contributed by atoms with Crippen molar-refractivity contribution in [2.24, 2.45) is 0 Å². The first-order chi connectivity index (χ1) is 11.0. The molecule has 0 saturated heterocycles. The van der Waals surface area contributed by atoms with Crippen molar-refractivity contribution in [2.75, 3.05) is 13.2 Å². The number of unbranched alkanes of at least 4 members (excludes halogenated alkanes) is 1. The van der Waals surface area contributed by atoms with Gasteiger partial charge in [-0.25, -0.2) is 4.79 Å². The molecule has 1 aliphatic heterocycles. The van der Waals surface area contributed by atoms with Gasteiger partial charge < -0.3 is 19.9 Å². The van der Waals surface area contributed by atoms with E-state index in [-0.39, 0.29) is 12.3 Å². The Kier molecular flexibility index (Phi) is 6.27. The molecule has 0 aliphatic carbocycles. The highest BCUT2D eigenvalue weighted by Crippen LogP contribution is 2.35. The molecule has 1 aromatic carbocycles. The number of hydrogen-bond acceptors (Lipinski definition) is 4. The molecular formula is C16H20BrNO5. The fourth-order valence-electron chi connectivity index (χ4n) is 2.33. The van der Waals surface area contributed by atoms with Crippen molar-refractivity contribution in [2.45, 2.75) is 38.6 Å². The molecule has 0 radical (unpaired) electrons. The number of nitrogens with one attached hydrogen (secondary N) is 1. The predicted molar refractivity (Wildman–Crippen MR) is 87.9 cm³/mol. The summed E-state index contributed by atoms with van der Waals surface area (Å²) in [4.78, 5) is 23.3. The number of carbonyl (C=O) groups excluding carboxylic acids is 1. The number of amides is 1. The quantitative estimate of drug-likeness (QED) is 0.752. The van der Waals surface area contributed by atoms with Crippen LogP contribution in [-0.4, -0.2) is 36.2 Å². The number of fused-ring (bicyclic) bond motifs is 1. The Balaban J connectivity index is 2.03. The zero-order chi connectivity index (χ0) is 16.8. The number of hydrogen-bond donors (Lipinski definition) is 2. The molecule has 0 fully saturated rings. The van der Waals surface area contributed by atoms with E-state index in [4.69, 9.17) is 14.6 Å². The van der Waals surface area contributed by atoms with Crippen LogP contribution in [0.3, 0.4) is 0 Å². The SMILES string of the molecule is CCCC[C@H](NC(=O)Cc1cc2c(cc1Br)OCCO2)C(=O)O. The number of benzene rings is 1. The van der Waals surface area contributed by atoms with Gasteiger partial charge in [0.1, 0.15) is 19.3 Å². The van der Waals surface area contributed by atoms with Gasteiger partial charge in [-0.3, -0.25) is 4.79 Å². The Bertz CT molecular complexity index is 590. The molecule has 1 aromatic rings. The van der Waals surface area contributed by atoms with Crippen molar-refractivity contribution < 1.29 is 24.2 Å². The molecule has 1 aliphatic rings. The van der Waals surface area contributed by atoms with Gasteiger partial charge in [0.25, 0.3) is 0 Å². The number of carboxylic acids is 1. The Morgan fingerprint density at radius 1 is 1.30 bits per heavy atom. The second kappa shape index (κ2) is 8.19. The summed E-state index contributed by atoms with van der Waals surface area (Å²) in [5.74, 6) is -0.0967. The summed E-state index contributed by atoms with van der Waals surface area (Å²) in [6.45, 7) is 2.95. The lowest BCUT2D eigenvalue weighted by Crippen LogP contribution is -2.41. The minimum atomic E-state index is -1.01. The first kappa shape index (κ1) is 17.6. The number of carbonyl (C=O) groups is 2. The van der Waals surface area contributed by atoms with Crippen molar-refractivity contribution in [3.63, 3.8) is 0 Å². The average molecular weight is 386 g/mol. The van der Waals surface area contributed by atoms with Gasteiger partial charge in [0.2, 0.25) is 5.91 Å². The topological polar surface area (TPSA) is 84.9 Å². The molecule has 23 heavy (non-hydrogen) atoms. The third-order valence-corrected chi connectivity index (χ3v) is 4.28. The van der Waals surface area contributed by atoms with Gasteiger partial charge in [0.15, 0.2) is 11.5 Å². The summed E-state index contributed by atoms with van der Waals surface area (Å²) in [6, 6.07) is 2.67. The average Bonchev–Trinajstić information content (AvgIpc) is 2.51. The molecule has 0 bridgehead atoms. The summed E-state index contributed by atoms with van der Waals surface area (Å²) >= 11 is 3.41. The van der Waals surface area contributed by atoms with Crippen molar-refractivity contribution in [1.82, 2.24) is 5.32 Å². The molecule has 0 saturated carbocycles. The summed E-state index contributed by atoms with van der Waals surface area (Å²) in [7, 11) is 0. The third-order valence-electron chi connectivity index (χ3n) is 3.54. The highest BCUT2D eigenvalue weighted by Gasteiger charge is 2.21. The van der Waals surface area contributed by atoms with Crippen LogP contribution in [0.4, 0.5) is 0 Å².